The van der Waals surface area contributed by atoms with E-state index in [1.807, 2.05) is 51.1 Å². The van der Waals surface area contributed by atoms with Gasteiger partial charge in [-0.3, -0.25) is 4.79 Å². The number of benzene rings is 2. The average Bonchev–Trinajstić information content (AvgIpc) is 2.69. The van der Waals surface area contributed by atoms with E-state index in [0.717, 1.165) is 18.5 Å². The van der Waals surface area contributed by atoms with Crippen LogP contribution in [0.5, 0.6) is 0 Å². The molecule has 0 spiro atoms. The number of amides is 1. The molecule has 0 aliphatic heterocycles. The molecule has 0 fully saturated rings. The van der Waals surface area contributed by atoms with Crippen LogP contribution in [-0.2, 0) is 10.0 Å². The Morgan fingerprint density at radius 3 is 2.07 bits per heavy atom. The zero-order chi connectivity index (χ0) is 19.9. The van der Waals surface area contributed by atoms with Gasteiger partial charge in [-0.15, -0.1) is 0 Å². The van der Waals surface area contributed by atoms with E-state index in [1.165, 1.54) is 10.4 Å². The molecule has 2 rings (SSSR count). The Morgan fingerprint density at radius 2 is 1.52 bits per heavy atom. The first-order chi connectivity index (χ1) is 13.0. The van der Waals surface area contributed by atoms with E-state index in [-0.39, 0.29) is 10.8 Å². The Kier molecular flexibility index (Phi) is 7.56. The minimum atomic E-state index is -3.62. The van der Waals surface area contributed by atoms with Crippen LogP contribution in [0.15, 0.2) is 59.5 Å². The smallest absolute Gasteiger partial charge is 0.258 e. The molecular formula is C21H28N2O3S. The predicted molar refractivity (Wildman–Crippen MR) is 110 cm³/mol. The molecule has 2 aromatic carbocycles. The highest BCUT2D eigenvalue weighted by Gasteiger charge is 2.25. The highest BCUT2D eigenvalue weighted by molar-refractivity contribution is 7.89. The maximum atomic E-state index is 13.0. The maximum absolute atomic E-state index is 13.0. The van der Waals surface area contributed by atoms with Crippen molar-refractivity contribution in [2.45, 2.75) is 38.5 Å². The Bertz CT molecular complexity index is 845. The topological polar surface area (TPSA) is 57.7 Å². The van der Waals surface area contributed by atoms with Gasteiger partial charge in [0.2, 0.25) is 10.0 Å². The van der Waals surface area contributed by atoms with Crippen molar-refractivity contribution >= 4 is 21.6 Å². The zero-order valence-electron chi connectivity index (χ0n) is 16.3. The number of hydrogen-bond acceptors (Lipinski definition) is 3. The first kappa shape index (κ1) is 21.1. The number of para-hydroxylation sites is 1. The molecule has 6 heteroatoms. The van der Waals surface area contributed by atoms with E-state index < -0.39 is 10.0 Å². The van der Waals surface area contributed by atoms with Crippen molar-refractivity contribution in [1.82, 2.24) is 4.31 Å². The number of carbonyl (C=O) groups is 1. The Hall–Kier alpha value is -2.18. The third kappa shape index (κ3) is 4.96. The van der Waals surface area contributed by atoms with E-state index in [2.05, 4.69) is 0 Å². The van der Waals surface area contributed by atoms with Crippen molar-refractivity contribution in [3.63, 3.8) is 0 Å². The monoisotopic (exact) mass is 388 g/mol. The molecule has 1 amide bonds. The second kappa shape index (κ2) is 9.67. The summed E-state index contributed by atoms with van der Waals surface area (Å²) in [6, 6.07) is 15.7. The van der Waals surface area contributed by atoms with E-state index in [1.54, 1.807) is 23.1 Å². The molecule has 0 saturated carbocycles. The summed E-state index contributed by atoms with van der Waals surface area (Å²) >= 11 is 0. The fourth-order valence-electron chi connectivity index (χ4n) is 3.00. The van der Waals surface area contributed by atoms with E-state index in [4.69, 9.17) is 0 Å². The molecule has 0 N–H and O–H groups in total. The molecule has 146 valence electrons. The van der Waals surface area contributed by atoms with E-state index in [0.29, 0.717) is 25.2 Å². The minimum absolute atomic E-state index is 0.166. The lowest BCUT2D eigenvalue weighted by molar-refractivity contribution is 0.0988. The number of anilines is 1. The van der Waals surface area contributed by atoms with Gasteiger partial charge < -0.3 is 4.90 Å². The van der Waals surface area contributed by atoms with Gasteiger partial charge in [-0.25, -0.2) is 8.42 Å². The highest BCUT2D eigenvalue weighted by Crippen LogP contribution is 2.21. The lowest BCUT2D eigenvalue weighted by Crippen LogP contribution is -2.33. The molecule has 27 heavy (non-hydrogen) atoms. The minimum Gasteiger partial charge on any atom is -0.309 e. The maximum Gasteiger partial charge on any atom is 0.258 e. The van der Waals surface area contributed by atoms with Crippen molar-refractivity contribution in [3.05, 3.63) is 60.2 Å². The van der Waals surface area contributed by atoms with Crippen molar-refractivity contribution in [1.29, 1.82) is 0 Å². The van der Waals surface area contributed by atoms with Gasteiger partial charge >= 0.3 is 0 Å². The van der Waals surface area contributed by atoms with Gasteiger partial charge in [-0.2, -0.15) is 4.31 Å². The normalized spacial score (nSPS) is 11.6. The SMILES string of the molecule is CCCN(CCC)S(=O)(=O)c1cccc(C(=O)N(CC)c2ccccc2)c1. The predicted octanol–water partition coefficient (Wildman–Crippen LogP) is 4.16. The lowest BCUT2D eigenvalue weighted by Gasteiger charge is -2.23. The van der Waals surface area contributed by atoms with Crippen LogP contribution in [0.3, 0.4) is 0 Å². The van der Waals surface area contributed by atoms with Gasteiger partial charge in [0.05, 0.1) is 4.90 Å². The molecule has 0 aliphatic carbocycles. The Balaban J connectivity index is 2.37. The number of sulfonamides is 1. The number of hydrogen-bond donors (Lipinski definition) is 0. The second-order valence-corrected chi connectivity index (χ2v) is 8.25. The van der Waals surface area contributed by atoms with Crippen LogP contribution < -0.4 is 4.90 Å². The molecule has 0 aromatic heterocycles. The molecule has 0 heterocycles. The lowest BCUT2D eigenvalue weighted by atomic mass is 10.2. The van der Waals surface area contributed by atoms with Crippen molar-refractivity contribution in [2.75, 3.05) is 24.5 Å². The third-order valence-corrected chi connectivity index (χ3v) is 6.19. The summed E-state index contributed by atoms with van der Waals surface area (Å²) in [6.45, 7) is 7.25. The van der Waals surface area contributed by atoms with Crippen LogP contribution in [0, 0.1) is 0 Å². The number of carbonyl (C=O) groups excluding carboxylic acids is 1. The molecule has 0 bridgehead atoms. The van der Waals surface area contributed by atoms with E-state index >= 15 is 0 Å². The first-order valence-electron chi connectivity index (χ1n) is 9.42. The quantitative estimate of drug-likeness (QED) is 0.648. The molecular weight excluding hydrogens is 360 g/mol. The summed E-state index contributed by atoms with van der Waals surface area (Å²) in [4.78, 5) is 14.8. The van der Waals surface area contributed by atoms with Crippen LogP contribution >= 0.6 is 0 Å². The van der Waals surface area contributed by atoms with Crippen LogP contribution in [-0.4, -0.2) is 38.3 Å². The Morgan fingerprint density at radius 1 is 0.889 bits per heavy atom. The molecule has 2 aromatic rings. The first-order valence-corrected chi connectivity index (χ1v) is 10.9. The van der Waals surface area contributed by atoms with Gasteiger partial charge in [0.15, 0.2) is 0 Å². The average molecular weight is 389 g/mol. The third-order valence-electron chi connectivity index (χ3n) is 4.29. The van der Waals surface area contributed by atoms with Crippen molar-refractivity contribution in [3.8, 4) is 0 Å². The van der Waals surface area contributed by atoms with Crippen LogP contribution in [0.1, 0.15) is 44.0 Å². The molecule has 0 unspecified atom stereocenters. The summed E-state index contributed by atoms with van der Waals surface area (Å²) in [5.41, 5.74) is 1.16. The van der Waals surface area contributed by atoms with Crippen molar-refractivity contribution < 1.29 is 13.2 Å². The summed E-state index contributed by atoms with van der Waals surface area (Å²) in [5.74, 6) is -0.210. The molecule has 0 atom stereocenters. The van der Waals surface area contributed by atoms with Crippen LogP contribution in [0.25, 0.3) is 0 Å². The molecule has 0 radical (unpaired) electrons. The second-order valence-electron chi connectivity index (χ2n) is 6.32. The summed E-state index contributed by atoms with van der Waals surface area (Å²) in [7, 11) is -3.62. The number of nitrogens with zero attached hydrogens (tertiary/aromatic N) is 2. The zero-order valence-corrected chi connectivity index (χ0v) is 17.1. The van der Waals surface area contributed by atoms with Crippen molar-refractivity contribution in [2.24, 2.45) is 0 Å². The number of rotatable bonds is 9. The van der Waals surface area contributed by atoms with Gasteiger partial charge in [-0.05, 0) is 50.1 Å². The largest absolute Gasteiger partial charge is 0.309 e. The van der Waals surface area contributed by atoms with Crippen LogP contribution in [0.4, 0.5) is 5.69 Å². The molecule has 0 aliphatic rings. The molecule has 0 saturated heterocycles. The highest BCUT2D eigenvalue weighted by atomic mass is 32.2. The van der Waals surface area contributed by atoms with Gasteiger partial charge in [0.25, 0.3) is 5.91 Å². The van der Waals surface area contributed by atoms with Crippen LogP contribution in [0.2, 0.25) is 0 Å². The van der Waals surface area contributed by atoms with Gasteiger partial charge in [-0.1, -0.05) is 38.1 Å². The summed E-state index contributed by atoms with van der Waals surface area (Å²) < 4.78 is 27.5. The summed E-state index contributed by atoms with van der Waals surface area (Å²) in [5, 5.41) is 0. The van der Waals surface area contributed by atoms with E-state index in [9.17, 15) is 13.2 Å². The fourth-order valence-corrected chi connectivity index (χ4v) is 4.67. The standard InChI is InChI=1S/C21H28N2O3S/c1-4-15-22(16-5-2)27(25,26)20-14-10-11-18(17-20)21(24)23(6-3)19-12-8-7-9-13-19/h7-14,17H,4-6,15-16H2,1-3H3. The fraction of sp³-hybridized carbons (Fsp3) is 0.381. The Labute approximate surface area is 162 Å². The summed E-state index contributed by atoms with van der Waals surface area (Å²) in [6.07, 6.45) is 1.49. The van der Waals surface area contributed by atoms with Gasteiger partial charge in [0, 0.05) is 30.9 Å². The molecule has 5 nitrogen and oxygen atoms in total. The van der Waals surface area contributed by atoms with Gasteiger partial charge in [0.1, 0.15) is 0 Å².